The van der Waals surface area contributed by atoms with E-state index in [4.69, 9.17) is 28.2 Å². The van der Waals surface area contributed by atoms with Crippen molar-refractivity contribution in [1.29, 1.82) is 0 Å². The summed E-state index contributed by atoms with van der Waals surface area (Å²) in [7, 11) is -4.11. The van der Waals surface area contributed by atoms with Crippen LogP contribution in [0, 0.1) is 0 Å². The molecule has 2 aliphatic heterocycles. The lowest BCUT2D eigenvalue weighted by Gasteiger charge is -2.51. The van der Waals surface area contributed by atoms with Crippen molar-refractivity contribution >= 4 is 34.2 Å². The van der Waals surface area contributed by atoms with Crippen molar-refractivity contribution in [1.82, 2.24) is 19.5 Å². The van der Waals surface area contributed by atoms with E-state index in [0.717, 1.165) is 0 Å². The first-order chi connectivity index (χ1) is 16.9. The average molecular weight is 540 g/mol. The van der Waals surface area contributed by atoms with Gasteiger partial charge in [-0.1, -0.05) is 55.4 Å². The second-order valence-corrected chi connectivity index (χ2v) is 19.9. The van der Waals surface area contributed by atoms with Gasteiger partial charge in [-0.15, -0.1) is 0 Å². The highest BCUT2D eigenvalue weighted by Crippen LogP contribution is 2.48. The number of hydrogen-bond donors (Lipinski definition) is 2. The van der Waals surface area contributed by atoms with E-state index in [1.807, 2.05) is 0 Å². The van der Waals surface area contributed by atoms with Gasteiger partial charge in [-0.3, -0.25) is 4.57 Å². The van der Waals surface area contributed by atoms with Gasteiger partial charge in [0.1, 0.15) is 18.3 Å². The first-order valence-electron chi connectivity index (χ1n) is 12.8. The molecule has 36 heavy (non-hydrogen) atoms. The molecule has 2 saturated heterocycles. The number of fused-ring (bicyclic) bond motifs is 2. The van der Waals surface area contributed by atoms with Crippen LogP contribution in [0.3, 0.4) is 0 Å². The predicted octanol–water partition coefficient (Wildman–Crippen LogP) is 3.63. The summed E-state index contributed by atoms with van der Waals surface area (Å²) in [5.74, 6) is 0.307. The number of aliphatic hydroxyl groups is 1. The Balaban J connectivity index is 1.78. The fourth-order valence-corrected chi connectivity index (χ4v) is 16.8. The van der Waals surface area contributed by atoms with Crippen LogP contribution >= 0.6 is 0 Å². The molecule has 0 aromatic carbocycles. The highest BCUT2D eigenvalue weighted by Gasteiger charge is 2.61. The van der Waals surface area contributed by atoms with Gasteiger partial charge in [0.25, 0.3) is 0 Å². The first-order valence-corrected chi connectivity index (χ1v) is 16.7. The minimum absolute atomic E-state index is 0.0447. The molecule has 4 heterocycles. The Morgan fingerprint density at radius 2 is 1.64 bits per heavy atom. The van der Waals surface area contributed by atoms with E-state index in [2.05, 4.69) is 70.3 Å². The zero-order valence-electron chi connectivity index (χ0n) is 22.8. The van der Waals surface area contributed by atoms with Crippen molar-refractivity contribution in [3.63, 3.8) is 0 Å². The van der Waals surface area contributed by atoms with Gasteiger partial charge in [0.2, 0.25) is 11.8 Å². The van der Waals surface area contributed by atoms with Crippen LogP contribution in [0.2, 0.25) is 22.2 Å². The van der Waals surface area contributed by atoms with E-state index in [-0.39, 0.29) is 40.6 Å². The molecule has 0 aliphatic carbocycles. The molecule has 4 atom stereocenters. The standard InChI is InChI=1S/C23H41N5O6Si2/c1-12(2)35(13(3)4)31-10-16-19(33-36(34-35,14(5)6)15(7)8)18(29)22(32-16)28-11-25-17-20(28)26-23(24)27-21(17)30-9/h11-16,18-19,22,29H,10H2,1-9H3,(H2,24,26,27)/t16-,18-,19-,22-/m0/s1. The number of methoxy groups -OCH3 is 1. The molecule has 2 fully saturated rings. The molecule has 2 aliphatic rings. The van der Waals surface area contributed by atoms with Crippen LogP contribution in [0.5, 0.6) is 5.88 Å². The van der Waals surface area contributed by atoms with Crippen molar-refractivity contribution in [2.24, 2.45) is 0 Å². The maximum absolute atomic E-state index is 11.6. The van der Waals surface area contributed by atoms with Crippen molar-refractivity contribution in [3.8, 4) is 5.88 Å². The summed E-state index contributed by atoms with van der Waals surface area (Å²) in [6, 6.07) is 0. The van der Waals surface area contributed by atoms with Gasteiger partial charge < -0.3 is 33.3 Å². The number of nitrogens with two attached hydrogens (primary N) is 1. The number of ether oxygens (including phenoxy) is 2. The van der Waals surface area contributed by atoms with Crippen molar-refractivity contribution < 1.29 is 27.5 Å². The number of hydrogen-bond acceptors (Lipinski definition) is 10. The molecule has 13 heteroatoms. The predicted molar refractivity (Wildman–Crippen MR) is 140 cm³/mol. The van der Waals surface area contributed by atoms with Gasteiger partial charge in [-0.05, 0) is 22.2 Å². The number of anilines is 1. The van der Waals surface area contributed by atoms with Gasteiger partial charge in [0.15, 0.2) is 17.4 Å². The highest BCUT2D eigenvalue weighted by atomic mass is 28.5. The van der Waals surface area contributed by atoms with E-state index >= 15 is 0 Å². The van der Waals surface area contributed by atoms with E-state index in [9.17, 15) is 5.11 Å². The Hall–Kier alpha value is -1.62. The lowest BCUT2D eigenvalue weighted by atomic mass is 10.1. The quantitative estimate of drug-likeness (QED) is 0.524. The molecule has 3 N–H and O–H groups in total. The Morgan fingerprint density at radius 3 is 2.19 bits per heavy atom. The van der Waals surface area contributed by atoms with Crippen LogP contribution in [0.15, 0.2) is 6.33 Å². The van der Waals surface area contributed by atoms with E-state index < -0.39 is 41.7 Å². The Labute approximate surface area is 215 Å². The van der Waals surface area contributed by atoms with E-state index in [1.165, 1.54) is 7.11 Å². The zero-order valence-corrected chi connectivity index (χ0v) is 24.8. The van der Waals surface area contributed by atoms with E-state index in [0.29, 0.717) is 11.2 Å². The summed E-state index contributed by atoms with van der Waals surface area (Å²) >= 11 is 0. The molecule has 0 unspecified atom stereocenters. The third kappa shape index (κ3) is 4.27. The monoisotopic (exact) mass is 539 g/mol. The Morgan fingerprint density at radius 1 is 1.03 bits per heavy atom. The maximum atomic E-state index is 11.6. The molecule has 11 nitrogen and oxygen atoms in total. The summed E-state index contributed by atoms with van der Waals surface area (Å²) in [6.07, 6.45) is -1.36. The summed E-state index contributed by atoms with van der Waals surface area (Å²) in [5.41, 5.74) is 7.48. The van der Waals surface area contributed by atoms with Crippen molar-refractivity contribution in [2.45, 2.75) is 102 Å². The molecular weight excluding hydrogens is 498 g/mol. The minimum Gasteiger partial charge on any atom is -0.479 e. The van der Waals surface area contributed by atoms with Crippen LogP contribution < -0.4 is 10.5 Å². The molecule has 0 spiro atoms. The van der Waals surface area contributed by atoms with Crippen LogP contribution in [0.4, 0.5) is 5.95 Å². The lowest BCUT2D eigenvalue weighted by Crippen LogP contribution is -2.65. The normalized spacial score (nSPS) is 28.2. The van der Waals surface area contributed by atoms with Crippen LogP contribution in [-0.4, -0.2) is 73.8 Å². The topological polar surface area (TPSA) is 136 Å². The van der Waals surface area contributed by atoms with Gasteiger partial charge in [0.05, 0.1) is 20.0 Å². The molecule has 4 rings (SSSR count). The lowest BCUT2D eigenvalue weighted by molar-refractivity contribution is -0.0570. The Bertz CT molecular complexity index is 1060. The number of nitrogen functional groups attached to an aromatic ring is 1. The third-order valence-corrected chi connectivity index (χ3v) is 17.8. The van der Waals surface area contributed by atoms with Gasteiger partial charge in [-0.2, -0.15) is 9.97 Å². The van der Waals surface area contributed by atoms with E-state index in [1.54, 1.807) is 10.9 Å². The SMILES string of the molecule is COc1nc(N)nc2c1ncn2[C@H]1O[C@H]2CO[Si](C(C)C)(C(C)C)O[Si](C(C)C)(C(C)C)O[C@@H]2[C@@H]1O. The second kappa shape index (κ2) is 9.93. The van der Waals surface area contributed by atoms with Crippen LogP contribution in [0.25, 0.3) is 11.2 Å². The molecule has 0 saturated carbocycles. The molecule has 0 bridgehead atoms. The largest absolute Gasteiger partial charge is 0.479 e. The second-order valence-electron chi connectivity index (χ2n) is 11.0. The number of rotatable bonds is 6. The summed E-state index contributed by atoms with van der Waals surface area (Å²) < 4.78 is 34.4. The minimum atomic E-state index is -2.89. The van der Waals surface area contributed by atoms with Crippen molar-refractivity contribution in [3.05, 3.63) is 6.33 Å². The van der Waals surface area contributed by atoms with Crippen LogP contribution in [0.1, 0.15) is 61.6 Å². The fourth-order valence-electron chi connectivity index (χ4n) is 5.60. The molecule has 0 radical (unpaired) electrons. The Kier molecular flexibility index (Phi) is 7.56. The zero-order chi connectivity index (χ0) is 26.6. The summed E-state index contributed by atoms with van der Waals surface area (Å²) in [5, 5.41) is 11.6. The maximum Gasteiger partial charge on any atom is 0.335 e. The number of aromatic nitrogens is 4. The summed E-state index contributed by atoms with van der Waals surface area (Å²) in [4.78, 5) is 12.8. The fraction of sp³-hybridized carbons (Fsp3) is 0.783. The first kappa shape index (κ1) is 27.4. The average Bonchev–Trinajstić information content (AvgIpc) is 3.33. The molecular formula is C23H41N5O6Si2. The summed E-state index contributed by atoms with van der Waals surface area (Å²) in [6.45, 7) is 17.6. The van der Waals surface area contributed by atoms with Gasteiger partial charge in [-0.25, -0.2) is 4.98 Å². The third-order valence-electron chi connectivity index (χ3n) is 7.52. The number of nitrogens with zero attached hydrogens (tertiary/aromatic N) is 4. The smallest absolute Gasteiger partial charge is 0.335 e. The van der Waals surface area contributed by atoms with Crippen molar-refractivity contribution in [2.75, 3.05) is 19.5 Å². The van der Waals surface area contributed by atoms with Gasteiger partial charge >= 0.3 is 17.1 Å². The molecule has 0 amide bonds. The molecule has 2 aromatic rings. The molecule has 202 valence electrons. The van der Waals surface area contributed by atoms with Gasteiger partial charge in [0, 0.05) is 0 Å². The number of imidazole rings is 1. The van der Waals surface area contributed by atoms with Crippen LogP contribution in [-0.2, 0) is 17.7 Å². The number of aliphatic hydroxyl groups excluding tert-OH is 1. The highest BCUT2D eigenvalue weighted by molar-refractivity contribution is 6.84. The molecule has 2 aromatic heterocycles.